The van der Waals surface area contributed by atoms with E-state index in [1.54, 1.807) is 24.4 Å². The van der Waals surface area contributed by atoms with Crippen molar-refractivity contribution in [2.75, 3.05) is 11.5 Å². The van der Waals surface area contributed by atoms with E-state index in [9.17, 15) is 13.2 Å². The van der Waals surface area contributed by atoms with Crippen molar-refractivity contribution in [3.05, 3.63) is 41.4 Å². The standard InChI is InChI=1S/C14H14N2O3S2/c17-13(16-12-4-7-21(18,19)9-12)10-2-1-3-11(8-10)14-15-5-6-20-14/h1-3,5-6,8,12H,4,7,9H2,(H,16,17). The quantitative estimate of drug-likeness (QED) is 0.933. The smallest absolute Gasteiger partial charge is 0.251 e. The number of benzene rings is 1. The van der Waals surface area contributed by atoms with Crippen molar-refractivity contribution in [1.82, 2.24) is 10.3 Å². The Bertz CT molecular complexity index is 754. The van der Waals surface area contributed by atoms with Crippen LogP contribution in [0.4, 0.5) is 0 Å². The van der Waals surface area contributed by atoms with E-state index < -0.39 is 9.84 Å². The second-order valence-electron chi connectivity index (χ2n) is 4.99. The second kappa shape index (κ2) is 5.57. The van der Waals surface area contributed by atoms with E-state index >= 15 is 0 Å². The van der Waals surface area contributed by atoms with Crippen LogP contribution in [0.3, 0.4) is 0 Å². The van der Waals surface area contributed by atoms with E-state index in [1.807, 2.05) is 11.4 Å². The van der Waals surface area contributed by atoms with Gasteiger partial charge in [-0.3, -0.25) is 4.79 Å². The molecule has 1 atom stereocenters. The zero-order valence-electron chi connectivity index (χ0n) is 11.2. The van der Waals surface area contributed by atoms with Gasteiger partial charge < -0.3 is 5.32 Å². The Morgan fingerprint density at radius 1 is 1.38 bits per heavy atom. The summed E-state index contributed by atoms with van der Waals surface area (Å²) < 4.78 is 22.8. The summed E-state index contributed by atoms with van der Waals surface area (Å²) in [5.41, 5.74) is 1.41. The van der Waals surface area contributed by atoms with Crippen molar-refractivity contribution in [2.24, 2.45) is 0 Å². The molecule has 5 nitrogen and oxygen atoms in total. The number of rotatable bonds is 3. The van der Waals surface area contributed by atoms with E-state index in [2.05, 4.69) is 10.3 Å². The van der Waals surface area contributed by atoms with Crippen LogP contribution in [0.1, 0.15) is 16.8 Å². The summed E-state index contributed by atoms with van der Waals surface area (Å²) in [7, 11) is -2.99. The molecular weight excluding hydrogens is 308 g/mol. The molecule has 3 rings (SSSR count). The fraction of sp³-hybridized carbons (Fsp3) is 0.286. The predicted molar refractivity (Wildman–Crippen MR) is 82.1 cm³/mol. The minimum atomic E-state index is -2.99. The SMILES string of the molecule is O=C(NC1CCS(=O)(=O)C1)c1cccc(-c2nccs2)c1. The molecule has 1 fully saturated rings. The van der Waals surface area contributed by atoms with Crippen LogP contribution >= 0.6 is 11.3 Å². The number of carbonyl (C=O) groups is 1. The summed E-state index contributed by atoms with van der Waals surface area (Å²) in [5, 5.41) is 5.52. The Morgan fingerprint density at radius 2 is 2.24 bits per heavy atom. The molecule has 0 bridgehead atoms. The van der Waals surface area contributed by atoms with Crippen molar-refractivity contribution in [1.29, 1.82) is 0 Å². The lowest BCUT2D eigenvalue weighted by Gasteiger charge is -2.11. The van der Waals surface area contributed by atoms with Gasteiger partial charge in [0.25, 0.3) is 5.91 Å². The number of thiazole rings is 1. The Kier molecular flexibility index (Phi) is 3.77. The Balaban J connectivity index is 1.75. The maximum absolute atomic E-state index is 12.2. The van der Waals surface area contributed by atoms with E-state index in [4.69, 9.17) is 0 Å². The molecule has 2 aromatic rings. The Morgan fingerprint density at radius 3 is 2.90 bits per heavy atom. The molecular formula is C14H14N2O3S2. The van der Waals surface area contributed by atoms with Crippen LogP contribution in [-0.4, -0.2) is 36.9 Å². The number of nitrogens with zero attached hydrogens (tertiary/aromatic N) is 1. The minimum absolute atomic E-state index is 0.0326. The van der Waals surface area contributed by atoms with Crippen molar-refractivity contribution in [3.8, 4) is 10.6 Å². The van der Waals surface area contributed by atoms with Crippen molar-refractivity contribution >= 4 is 27.1 Å². The molecule has 1 aliphatic rings. The molecule has 0 aliphatic carbocycles. The highest BCUT2D eigenvalue weighted by atomic mass is 32.2. The van der Waals surface area contributed by atoms with Gasteiger partial charge in [0.2, 0.25) is 0 Å². The molecule has 0 saturated carbocycles. The largest absolute Gasteiger partial charge is 0.348 e. The first-order chi connectivity index (χ1) is 10.0. The molecule has 7 heteroatoms. The summed E-state index contributed by atoms with van der Waals surface area (Å²) in [6.07, 6.45) is 2.20. The van der Waals surface area contributed by atoms with Crippen molar-refractivity contribution in [2.45, 2.75) is 12.5 Å². The van der Waals surface area contributed by atoms with Crippen LogP contribution in [-0.2, 0) is 9.84 Å². The zero-order chi connectivity index (χ0) is 14.9. The van der Waals surface area contributed by atoms with Gasteiger partial charge in [0.1, 0.15) is 5.01 Å². The van der Waals surface area contributed by atoms with Gasteiger partial charge in [0, 0.05) is 28.7 Å². The number of hydrogen-bond acceptors (Lipinski definition) is 5. The molecule has 1 unspecified atom stereocenters. The molecule has 1 amide bonds. The van der Waals surface area contributed by atoms with Crippen LogP contribution in [0.2, 0.25) is 0 Å². The van der Waals surface area contributed by atoms with Gasteiger partial charge in [-0.25, -0.2) is 13.4 Å². The Labute approximate surface area is 127 Å². The average molecular weight is 322 g/mol. The van der Waals surface area contributed by atoms with Gasteiger partial charge in [-0.05, 0) is 18.6 Å². The van der Waals surface area contributed by atoms with Crippen LogP contribution in [0.15, 0.2) is 35.8 Å². The lowest BCUT2D eigenvalue weighted by atomic mass is 10.1. The number of sulfone groups is 1. The Hall–Kier alpha value is -1.73. The van der Waals surface area contributed by atoms with E-state index in [0.717, 1.165) is 10.6 Å². The monoisotopic (exact) mass is 322 g/mol. The fourth-order valence-corrected chi connectivity index (χ4v) is 4.65. The topological polar surface area (TPSA) is 76.1 Å². The highest BCUT2D eigenvalue weighted by Crippen LogP contribution is 2.22. The maximum Gasteiger partial charge on any atom is 0.251 e. The van der Waals surface area contributed by atoms with Crippen LogP contribution in [0.5, 0.6) is 0 Å². The average Bonchev–Trinajstić information content (AvgIpc) is 3.09. The molecule has 110 valence electrons. The number of aromatic nitrogens is 1. The van der Waals surface area contributed by atoms with Crippen LogP contribution < -0.4 is 5.32 Å². The third kappa shape index (κ3) is 3.30. The van der Waals surface area contributed by atoms with E-state index in [1.165, 1.54) is 11.3 Å². The lowest BCUT2D eigenvalue weighted by Crippen LogP contribution is -2.35. The summed E-state index contributed by atoms with van der Waals surface area (Å²) in [5.74, 6) is -0.0577. The molecule has 0 radical (unpaired) electrons. The maximum atomic E-state index is 12.2. The van der Waals surface area contributed by atoms with Crippen LogP contribution in [0.25, 0.3) is 10.6 Å². The minimum Gasteiger partial charge on any atom is -0.348 e. The molecule has 2 heterocycles. The highest BCUT2D eigenvalue weighted by Gasteiger charge is 2.29. The lowest BCUT2D eigenvalue weighted by molar-refractivity contribution is 0.0941. The third-order valence-electron chi connectivity index (χ3n) is 3.37. The highest BCUT2D eigenvalue weighted by molar-refractivity contribution is 7.91. The van der Waals surface area contributed by atoms with Crippen LogP contribution in [0, 0.1) is 0 Å². The first-order valence-electron chi connectivity index (χ1n) is 6.55. The van der Waals surface area contributed by atoms with Gasteiger partial charge in [-0.15, -0.1) is 11.3 Å². The predicted octanol–water partition coefficient (Wildman–Crippen LogP) is 1.73. The van der Waals surface area contributed by atoms with Gasteiger partial charge >= 0.3 is 0 Å². The number of carbonyl (C=O) groups excluding carboxylic acids is 1. The van der Waals surface area contributed by atoms with E-state index in [0.29, 0.717) is 12.0 Å². The summed E-state index contributed by atoms with van der Waals surface area (Å²) in [4.78, 5) is 16.4. The zero-order valence-corrected chi connectivity index (χ0v) is 12.8. The summed E-state index contributed by atoms with van der Waals surface area (Å²) in [6, 6.07) is 6.91. The van der Waals surface area contributed by atoms with Gasteiger partial charge in [-0.1, -0.05) is 12.1 Å². The number of hydrogen-bond donors (Lipinski definition) is 1. The molecule has 1 aliphatic heterocycles. The van der Waals surface area contributed by atoms with E-state index in [-0.39, 0.29) is 23.5 Å². The van der Waals surface area contributed by atoms with Crippen molar-refractivity contribution < 1.29 is 13.2 Å². The normalized spacial score (nSPS) is 20.3. The van der Waals surface area contributed by atoms with Gasteiger partial charge in [-0.2, -0.15) is 0 Å². The molecule has 1 aromatic heterocycles. The number of nitrogens with one attached hydrogen (secondary N) is 1. The van der Waals surface area contributed by atoms with Gasteiger partial charge in [0.15, 0.2) is 9.84 Å². The summed E-state index contributed by atoms with van der Waals surface area (Å²) >= 11 is 1.51. The molecule has 1 saturated heterocycles. The molecule has 0 spiro atoms. The third-order valence-corrected chi connectivity index (χ3v) is 5.96. The number of amides is 1. The summed E-state index contributed by atoms with van der Waals surface area (Å²) in [6.45, 7) is 0. The van der Waals surface area contributed by atoms with Gasteiger partial charge in [0.05, 0.1) is 11.5 Å². The second-order valence-corrected chi connectivity index (χ2v) is 8.11. The molecule has 21 heavy (non-hydrogen) atoms. The fourth-order valence-electron chi connectivity index (χ4n) is 2.34. The van der Waals surface area contributed by atoms with Crippen molar-refractivity contribution in [3.63, 3.8) is 0 Å². The molecule has 1 N–H and O–H groups in total. The first-order valence-corrected chi connectivity index (χ1v) is 9.25. The molecule has 1 aromatic carbocycles. The first kappa shape index (κ1) is 14.2.